The lowest BCUT2D eigenvalue weighted by Crippen LogP contribution is -2.67. The van der Waals surface area contributed by atoms with E-state index in [4.69, 9.17) is 102 Å². The first-order valence-corrected chi connectivity index (χ1v) is 32.5. The third kappa shape index (κ3) is 30.9. The fraction of sp³-hybridized carbons (Fsp3) is 0.783. The fourth-order valence-corrected chi connectivity index (χ4v) is 10.1. The molecule has 496 valence electrons. The van der Waals surface area contributed by atoms with E-state index in [1.54, 1.807) is 0 Å². The maximum atomic E-state index is 15.3. The van der Waals surface area contributed by atoms with Gasteiger partial charge in [0, 0.05) is 64.2 Å². The van der Waals surface area contributed by atoms with E-state index in [1.807, 2.05) is 0 Å². The van der Waals surface area contributed by atoms with Crippen molar-refractivity contribution in [3.05, 3.63) is 0 Å². The molecule has 1 rings (SSSR count). The number of ether oxygens (including phenoxy) is 10. The van der Waals surface area contributed by atoms with Gasteiger partial charge in [0.05, 0.1) is 0 Å². The van der Waals surface area contributed by atoms with Gasteiger partial charge in [-0.2, -0.15) is 0 Å². The Kier molecular flexibility index (Phi) is 38.8. The standard InChI is InChI=1S/C46H76O36P4/c1-11-21-39(55)77-41-43(79-83(57,69-23-61-31(47)13-3)70-24-62-32(48)14-4)42(78-40(56)22-12-2)45(81-85(59,73-27-65-35(51)17-7)74-28-66-36(52)18-8)46(82-86(60,75-29-67-37(53)19-9)76-30-68-38(54)20-10)44(41)80-84(58,71-25-63-33(49)15-5)72-26-64-34(50)16-6/h41-46H,11-30H2,1-10H3/t41-,42-,43?,44-,45+,46?/m1/s1. The zero-order valence-corrected chi connectivity index (χ0v) is 52.7. The molecule has 0 N–H and O–H groups in total. The van der Waals surface area contributed by atoms with E-state index in [0.717, 1.165) is 0 Å². The Hall–Kier alpha value is -4.86. The molecule has 0 saturated heterocycles. The first-order chi connectivity index (χ1) is 40.7. The highest BCUT2D eigenvalue weighted by molar-refractivity contribution is 7.49. The predicted molar refractivity (Wildman–Crippen MR) is 278 cm³/mol. The molecular weight excluding hydrogens is 1250 g/mol. The van der Waals surface area contributed by atoms with Crippen molar-refractivity contribution in [2.24, 2.45) is 0 Å². The van der Waals surface area contributed by atoms with Gasteiger partial charge in [-0.1, -0.05) is 69.2 Å². The third-order valence-electron chi connectivity index (χ3n) is 10.1. The van der Waals surface area contributed by atoms with E-state index >= 15 is 18.3 Å². The first-order valence-electron chi connectivity index (χ1n) is 26.6. The van der Waals surface area contributed by atoms with Crippen molar-refractivity contribution in [2.75, 3.05) is 54.3 Å². The molecular formula is C46H76O36P4. The molecule has 6 atom stereocenters. The zero-order chi connectivity index (χ0) is 64.9. The van der Waals surface area contributed by atoms with Crippen molar-refractivity contribution in [1.29, 1.82) is 0 Å². The second-order valence-corrected chi connectivity index (χ2v) is 22.9. The second kappa shape index (κ2) is 42.1. The number of carbonyl (C=O) groups excluding carboxylic acids is 10. The zero-order valence-electron chi connectivity index (χ0n) is 49.1. The number of phosphoric ester groups is 4. The van der Waals surface area contributed by atoms with Crippen LogP contribution in [-0.4, -0.2) is 151 Å². The maximum Gasteiger partial charge on any atom is 0.481 e. The highest BCUT2D eigenvalue weighted by Gasteiger charge is 2.64. The van der Waals surface area contributed by atoms with Gasteiger partial charge in [-0.25, -0.2) is 54.5 Å². The minimum absolute atomic E-state index is 0.0668. The van der Waals surface area contributed by atoms with Crippen LogP contribution in [0.1, 0.15) is 146 Å². The fourth-order valence-electron chi connectivity index (χ4n) is 5.76. The number of esters is 10. The van der Waals surface area contributed by atoms with Crippen LogP contribution in [0.5, 0.6) is 0 Å². The largest absolute Gasteiger partial charge is 0.481 e. The van der Waals surface area contributed by atoms with Gasteiger partial charge in [0.15, 0.2) is 12.2 Å². The lowest BCUT2D eigenvalue weighted by molar-refractivity contribution is -0.236. The molecule has 0 radical (unpaired) electrons. The Morgan fingerprint density at radius 1 is 0.244 bits per heavy atom. The van der Waals surface area contributed by atoms with Crippen LogP contribution in [-0.2, 0) is 168 Å². The molecule has 40 heteroatoms. The van der Waals surface area contributed by atoms with Crippen LogP contribution in [0.2, 0.25) is 0 Å². The second-order valence-electron chi connectivity index (χ2n) is 16.4. The molecule has 1 saturated carbocycles. The van der Waals surface area contributed by atoms with Crippen LogP contribution in [0.15, 0.2) is 0 Å². The Morgan fingerprint density at radius 2 is 0.395 bits per heavy atom. The van der Waals surface area contributed by atoms with Gasteiger partial charge in [0.1, 0.15) is 24.4 Å². The van der Waals surface area contributed by atoms with Gasteiger partial charge in [0.2, 0.25) is 54.3 Å². The van der Waals surface area contributed by atoms with E-state index in [0.29, 0.717) is 0 Å². The van der Waals surface area contributed by atoms with Crippen LogP contribution in [0.3, 0.4) is 0 Å². The lowest BCUT2D eigenvalue weighted by atomic mass is 9.84. The smallest absolute Gasteiger partial charge is 0.456 e. The van der Waals surface area contributed by atoms with Gasteiger partial charge in [-0.05, 0) is 12.8 Å². The van der Waals surface area contributed by atoms with Crippen LogP contribution in [0.4, 0.5) is 0 Å². The molecule has 1 fully saturated rings. The van der Waals surface area contributed by atoms with Crippen LogP contribution >= 0.6 is 31.3 Å². The van der Waals surface area contributed by atoms with Gasteiger partial charge < -0.3 is 47.4 Å². The quantitative estimate of drug-likeness (QED) is 0.0261. The first kappa shape index (κ1) is 79.2. The highest BCUT2D eigenvalue weighted by atomic mass is 31.2. The van der Waals surface area contributed by atoms with Crippen LogP contribution in [0.25, 0.3) is 0 Å². The Morgan fingerprint density at radius 3 is 0.547 bits per heavy atom. The Labute approximate surface area is 494 Å². The predicted octanol–water partition coefficient (Wildman–Crippen LogP) is 6.82. The number of carbonyl (C=O) groups is 10. The summed E-state index contributed by atoms with van der Waals surface area (Å²) >= 11 is 0. The Bertz CT molecular complexity index is 2180. The molecule has 36 nitrogen and oxygen atoms in total. The minimum Gasteiger partial charge on any atom is -0.456 e. The number of hydrogen-bond donors (Lipinski definition) is 0. The van der Waals surface area contributed by atoms with Crippen molar-refractivity contribution in [3.63, 3.8) is 0 Å². The van der Waals surface area contributed by atoms with Crippen LogP contribution in [0, 0.1) is 0 Å². The summed E-state index contributed by atoms with van der Waals surface area (Å²) in [6, 6.07) is 0. The number of rotatable bonds is 46. The van der Waals surface area contributed by atoms with Crippen molar-refractivity contribution in [3.8, 4) is 0 Å². The van der Waals surface area contributed by atoms with Crippen molar-refractivity contribution in [2.45, 2.75) is 183 Å². The average molecular weight is 1330 g/mol. The van der Waals surface area contributed by atoms with Gasteiger partial charge >= 0.3 is 91.0 Å². The van der Waals surface area contributed by atoms with E-state index in [1.165, 1.54) is 69.2 Å². The molecule has 2 unspecified atom stereocenters. The molecule has 0 aromatic carbocycles. The summed E-state index contributed by atoms with van der Waals surface area (Å²) in [6.45, 7) is 2.59. The summed E-state index contributed by atoms with van der Waals surface area (Å²) in [6.07, 6.45) is -21.1. The molecule has 0 spiro atoms. The summed E-state index contributed by atoms with van der Waals surface area (Å²) < 4.78 is 179. The monoisotopic (exact) mass is 1330 g/mol. The summed E-state index contributed by atoms with van der Waals surface area (Å²) in [5.41, 5.74) is 0. The summed E-state index contributed by atoms with van der Waals surface area (Å²) in [5.74, 6) is -10.8. The van der Waals surface area contributed by atoms with Crippen molar-refractivity contribution in [1.82, 2.24) is 0 Å². The van der Waals surface area contributed by atoms with E-state index in [9.17, 15) is 47.9 Å². The molecule has 0 heterocycles. The maximum absolute atomic E-state index is 15.3. The molecule has 0 aromatic heterocycles. The highest BCUT2D eigenvalue weighted by Crippen LogP contribution is 2.62. The average Bonchev–Trinajstić information content (AvgIpc) is 0.993. The molecule has 0 aromatic rings. The van der Waals surface area contributed by atoms with Crippen LogP contribution < -0.4 is 0 Å². The number of phosphoric acid groups is 4. The molecule has 0 bridgehead atoms. The van der Waals surface area contributed by atoms with Gasteiger partial charge in [-0.3, -0.25) is 66.0 Å². The topological polar surface area (TPSA) is 442 Å². The third-order valence-corrected chi connectivity index (χ3v) is 15.5. The molecule has 1 aliphatic carbocycles. The van der Waals surface area contributed by atoms with E-state index in [-0.39, 0.29) is 64.2 Å². The van der Waals surface area contributed by atoms with Crippen molar-refractivity contribution < 1.29 is 168 Å². The summed E-state index contributed by atoms with van der Waals surface area (Å²) in [7, 11) is -23.5. The Balaban J connectivity index is 5.11. The summed E-state index contributed by atoms with van der Waals surface area (Å²) in [4.78, 5) is 127. The molecule has 0 amide bonds. The lowest BCUT2D eigenvalue weighted by Gasteiger charge is -2.49. The summed E-state index contributed by atoms with van der Waals surface area (Å²) in [5, 5.41) is 0. The number of hydrogen-bond acceptors (Lipinski definition) is 36. The van der Waals surface area contributed by atoms with Gasteiger partial charge in [-0.15, -0.1) is 0 Å². The normalized spacial score (nSPS) is 17.9. The molecule has 1 aliphatic rings. The SMILES string of the molecule is CCCC(=O)O[C@@H]1C(OP(=O)(OCOC(=O)CC)OCOC(=O)CC)[C@@H](OC(=O)CCC)[C@@H](OP(=O)(OCOC(=O)CC)OCOC(=O)CC)C(OP(=O)(OCOC(=O)CC)OCOC(=O)CC)[C@H]1OP(=O)(OCOC(=O)CC)OCOC(=O)CC. The van der Waals surface area contributed by atoms with Crippen molar-refractivity contribution >= 4 is 91.0 Å². The minimum atomic E-state index is -5.90. The van der Waals surface area contributed by atoms with E-state index in [2.05, 4.69) is 0 Å². The molecule has 86 heavy (non-hydrogen) atoms. The van der Waals surface area contributed by atoms with E-state index < -0.39 is 195 Å². The molecule has 0 aliphatic heterocycles. The van der Waals surface area contributed by atoms with Gasteiger partial charge in [0.25, 0.3) is 0 Å².